The molecule has 1 unspecified atom stereocenters. The van der Waals surface area contributed by atoms with Gasteiger partial charge in [0.2, 0.25) is 0 Å². The van der Waals surface area contributed by atoms with Crippen molar-refractivity contribution in [2.24, 2.45) is 5.73 Å². The molecule has 2 rings (SSSR count). The molecule has 0 aliphatic carbocycles. The molecule has 0 spiro atoms. The minimum atomic E-state index is 0.158. The van der Waals surface area contributed by atoms with E-state index >= 15 is 0 Å². The summed E-state index contributed by atoms with van der Waals surface area (Å²) in [6.07, 6.45) is 1.96. The van der Waals surface area contributed by atoms with Crippen LogP contribution in [0.15, 0.2) is 54.6 Å². The molecule has 17 heavy (non-hydrogen) atoms. The Morgan fingerprint density at radius 3 is 2.35 bits per heavy atom. The first kappa shape index (κ1) is 11.9. The maximum Gasteiger partial charge on any atom is 0.0292 e. The maximum absolute atomic E-state index is 6.06. The summed E-state index contributed by atoms with van der Waals surface area (Å²) in [5, 5.41) is 0. The number of hydrogen-bond donors (Lipinski definition) is 1. The predicted molar refractivity (Wildman–Crippen MR) is 72.9 cm³/mol. The van der Waals surface area contributed by atoms with Crippen LogP contribution in [-0.4, -0.2) is 0 Å². The van der Waals surface area contributed by atoms with Gasteiger partial charge in [-0.25, -0.2) is 0 Å². The van der Waals surface area contributed by atoms with E-state index < -0.39 is 0 Å². The molecule has 0 aliphatic rings. The standard InChI is InChI=1S/C16H19N/c1-2-16(17)15-10-6-9-14(12-15)11-13-7-4-3-5-8-13/h3-10,12,16H,2,11,17H2,1H3. The first-order valence-electron chi connectivity index (χ1n) is 6.18. The van der Waals surface area contributed by atoms with Crippen LogP contribution < -0.4 is 5.73 Å². The zero-order chi connectivity index (χ0) is 12.1. The molecule has 1 heteroatoms. The Morgan fingerprint density at radius 1 is 0.941 bits per heavy atom. The summed E-state index contributed by atoms with van der Waals surface area (Å²) in [5.41, 5.74) is 9.97. The van der Waals surface area contributed by atoms with E-state index in [1.807, 2.05) is 6.07 Å². The highest BCUT2D eigenvalue weighted by Gasteiger charge is 2.04. The number of nitrogens with two attached hydrogens (primary N) is 1. The second-order valence-corrected chi connectivity index (χ2v) is 4.42. The van der Waals surface area contributed by atoms with E-state index in [2.05, 4.69) is 55.5 Å². The Bertz CT molecular complexity index is 462. The summed E-state index contributed by atoms with van der Waals surface area (Å²) in [5.74, 6) is 0. The smallest absolute Gasteiger partial charge is 0.0292 e. The second kappa shape index (κ2) is 5.65. The van der Waals surface area contributed by atoms with Crippen molar-refractivity contribution in [1.29, 1.82) is 0 Å². The van der Waals surface area contributed by atoms with E-state index in [4.69, 9.17) is 5.73 Å². The third kappa shape index (κ3) is 3.18. The van der Waals surface area contributed by atoms with Crippen LogP contribution >= 0.6 is 0 Å². The maximum atomic E-state index is 6.06. The van der Waals surface area contributed by atoms with Gasteiger partial charge in [0.05, 0.1) is 0 Å². The van der Waals surface area contributed by atoms with Gasteiger partial charge in [-0.1, -0.05) is 61.5 Å². The van der Waals surface area contributed by atoms with Gasteiger partial charge in [-0.05, 0) is 29.5 Å². The Hall–Kier alpha value is -1.60. The molecular weight excluding hydrogens is 206 g/mol. The van der Waals surface area contributed by atoms with Crippen molar-refractivity contribution in [2.45, 2.75) is 25.8 Å². The number of benzene rings is 2. The lowest BCUT2D eigenvalue weighted by atomic mass is 9.99. The van der Waals surface area contributed by atoms with Crippen molar-refractivity contribution in [3.05, 3.63) is 71.3 Å². The lowest BCUT2D eigenvalue weighted by Gasteiger charge is -2.11. The van der Waals surface area contributed by atoms with Gasteiger partial charge in [0.15, 0.2) is 0 Å². The Balaban J connectivity index is 2.17. The highest BCUT2D eigenvalue weighted by molar-refractivity contribution is 5.30. The quantitative estimate of drug-likeness (QED) is 0.843. The Labute approximate surface area is 103 Å². The van der Waals surface area contributed by atoms with Crippen molar-refractivity contribution >= 4 is 0 Å². The molecule has 0 aromatic heterocycles. The fourth-order valence-electron chi connectivity index (χ4n) is 2.00. The van der Waals surface area contributed by atoms with Crippen LogP contribution in [0.4, 0.5) is 0 Å². The van der Waals surface area contributed by atoms with Crippen molar-refractivity contribution in [1.82, 2.24) is 0 Å². The molecule has 88 valence electrons. The van der Waals surface area contributed by atoms with E-state index in [1.165, 1.54) is 16.7 Å². The summed E-state index contributed by atoms with van der Waals surface area (Å²) in [4.78, 5) is 0. The van der Waals surface area contributed by atoms with E-state index in [0.29, 0.717) is 0 Å². The third-order valence-electron chi connectivity index (χ3n) is 3.07. The third-order valence-corrected chi connectivity index (χ3v) is 3.07. The lowest BCUT2D eigenvalue weighted by molar-refractivity contribution is 0.697. The molecule has 0 bridgehead atoms. The van der Waals surface area contributed by atoms with E-state index in [1.54, 1.807) is 0 Å². The molecule has 1 nitrogen and oxygen atoms in total. The molecule has 2 aromatic rings. The molecule has 0 radical (unpaired) electrons. The summed E-state index contributed by atoms with van der Waals surface area (Å²) in [6, 6.07) is 19.3. The summed E-state index contributed by atoms with van der Waals surface area (Å²) < 4.78 is 0. The summed E-state index contributed by atoms with van der Waals surface area (Å²) in [7, 11) is 0. The van der Waals surface area contributed by atoms with Crippen LogP contribution in [0.25, 0.3) is 0 Å². The van der Waals surface area contributed by atoms with Crippen LogP contribution in [0.5, 0.6) is 0 Å². The normalized spacial score (nSPS) is 12.4. The van der Waals surface area contributed by atoms with Crippen LogP contribution in [0.2, 0.25) is 0 Å². The topological polar surface area (TPSA) is 26.0 Å². The van der Waals surface area contributed by atoms with E-state index in [0.717, 1.165) is 12.8 Å². The lowest BCUT2D eigenvalue weighted by Crippen LogP contribution is -2.08. The average molecular weight is 225 g/mol. The highest BCUT2D eigenvalue weighted by Crippen LogP contribution is 2.17. The largest absolute Gasteiger partial charge is 0.324 e. The predicted octanol–water partition coefficient (Wildman–Crippen LogP) is 3.69. The van der Waals surface area contributed by atoms with Gasteiger partial charge in [0.25, 0.3) is 0 Å². The molecule has 0 saturated carbocycles. The monoisotopic (exact) mass is 225 g/mol. The van der Waals surface area contributed by atoms with E-state index in [9.17, 15) is 0 Å². The molecule has 2 aromatic carbocycles. The van der Waals surface area contributed by atoms with Crippen LogP contribution in [0.1, 0.15) is 36.1 Å². The van der Waals surface area contributed by atoms with Gasteiger partial charge in [0.1, 0.15) is 0 Å². The number of hydrogen-bond acceptors (Lipinski definition) is 1. The first-order chi connectivity index (χ1) is 8.29. The minimum absolute atomic E-state index is 0.158. The van der Waals surface area contributed by atoms with Crippen LogP contribution in [-0.2, 0) is 6.42 Å². The van der Waals surface area contributed by atoms with Crippen molar-refractivity contribution in [3.8, 4) is 0 Å². The van der Waals surface area contributed by atoms with Gasteiger partial charge in [0, 0.05) is 6.04 Å². The molecule has 0 aliphatic heterocycles. The molecule has 2 N–H and O–H groups in total. The van der Waals surface area contributed by atoms with Gasteiger partial charge in [-0.2, -0.15) is 0 Å². The fraction of sp³-hybridized carbons (Fsp3) is 0.250. The molecule has 1 atom stereocenters. The molecule has 0 saturated heterocycles. The fourth-order valence-corrected chi connectivity index (χ4v) is 2.00. The van der Waals surface area contributed by atoms with Crippen molar-refractivity contribution in [2.75, 3.05) is 0 Å². The summed E-state index contributed by atoms with van der Waals surface area (Å²) >= 11 is 0. The highest BCUT2D eigenvalue weighted by atomic mass is 14.6. The van der Waals surface area contributed by atoms with Crippen LogP contribution in [0.3, 0.4) is 0 Å². The molecule has 0 fully saturated rings. The van der Waals surface area contributed by atoms with Gasteiger partial charge in [-0.15, -0.1) is 0 Å². The van der Waals surface area contributed by atoms with Crippen molar-refractivity contribution in [3.63, 3.8) is 0 Å². The Kier molecular flexibility index (Phi) is 3.94. The summed E-state index contributed by atoms with van der Waals surface area (Å²) in [6.45, 7) is 2.12. The molecular formula is C16H19N. The van der Waals surface area contributed by atoms with Crippen LogP contribution in [0, 0.1) is 0 Å². The zero-order valence-corrected chi connectivity index (χ0v) is 10.3. The van der Waals surface area contributed by atoms with E-state index in [-0.39, 0.29) is 6.04 Å². The average Bonchev–Trinajstić information content (AvgIpc) is 2.39. The van der Waals surface area contributed by atoms with Crippen molar-refractivity contribution < 1.29 is 0 Å². The zero-order valence-electron chi connectivity index (χ0n) is 10.3. The van der Waals surface area contributed by atoms with Gasteiger partial charge in [-0.3, -0.25) is 0 Å². The Morgan fingerprint density at radius 2 is 1.65 bits per heavy atom. The van der Waals surface area contributed by atoms with Gasteiger partial charge >= 0.3 is 0 Å². The second-order valence-electron chi connectivity index (χ2n) is 4.42. The molecule has 0 amide bonds. The van der Waals surface area contributed by atoms with Gasteiger partial charge < -0.3 is 5.73 Å². The SMILES string of the molecule is CCC(N)c1cccc(Cc2ccccc2)c1. The number of rotatable bonds is 4. The minimum Gasteiger partial charge on any atom is -0.324 e. The molecule has 0 heterocycles. The first-order valence-corrected chi connectivity index (χ1v) is 6.18.